The molecular weight excluding hydrogens is 450 g/mol. The van der Waals surface area contributed by atoms with Crippen molar-refractivity contribution in [1.82, 2.24) is 9.88 Å². The lowest BCUT2D eigenvalue weighted by Crippen LogP contribution is -2.30. The van der Waals surface area contributed by atoms with E-state index >= 15 is 0 Å². The summed E-state index contributed by atoms with van der Waals surface area (Å²) in [5.74, 6) is 1.21. The highest BCUT2D eigenvalue weighted by molar-refractivity contribution is 6.01. The van der Waals surface area contributed by atoms with Crippen molar-refractivity contribution in [2.24, 2.45) is 0 Å². The van der Waals surface area contributed by atoms with Gasteiger partial charge in [0.25, 0.3) is 0 Å². The van der Waals surface area contributed by atoms with E-state index in [1.807, 2.05) is 60.7 Å². The van der Waals surface area contributed by atoms with Crippen molar-refractivity contribution in [2.45, 2.75) is 25.3 Å². The predicted molar refractivity (Wildman–Crippen MR) is 144 cm³/mol. The Bertz CT molecular complexity index is 1360. The van der Waals surface area contributed by atoms with Crippen LogP contribution < -0.4 is 14.8 Å². The van der Waals surface area contributed by atoms with Gasteiger partial charge in [0.15, 0.2) is 11.5 Å². The molecule has 0 spiro atoms. The molecule has 6 heteroatoms. The summed E-state index contributed by atoms with van der Waals surface area (Å²) in [5.41, 5.74) is 3.63. The second kappa shape index (κ2) is 10.8. The number of likely N-dealkylation sites (N-methyl/N-ethyl adjacent to an activating group) is 1. The van der Waals surface area contributed by atoms with Crippen LogP contribution in [0.5, 0.6) is 11.5 Å². The van der Waals surface area contributed by atoms with E-state index in [2.05, 4.69) is 34.4 Å². The van der Waals surface area contributed by atoms with Crippen molar-refractivity contribution >= 4 is 22.4 Å². The summed E-state index contributed by atoms with van der Waals surface area (Å²) in [6.45, 7) is 1.69. The van der Waals surface area contributed by atoms with Gasteiger partial charge in [-0.1, -0.05) is 42.5 Å². The van der Waals surface area contributed by atoms with Crippen LogP contribution in [-0.4, -0.2) is 49.1 Å². The van der Waals surface area contributed by atoms with Gasteiger partial charge in [-0.2, -0.15) is 0 Å². The zero-order chi connectivity index (χ0) is 24.9. The van der Waals surface area contributed by atoms with Crippen molar-refractivity contribution in [1.29, 1.82) is 0 Å². The lowest BCUT2D eigenvalue weighted by Gasteiger charge is -2.21. The fraction of sp³-hybridized carbons (Fsp3) is 0.267. The number of aromatic nitrogens is 1. The maximum absolute atomic E-state index is 13.1. The molecule has 184 valence electrons. The van der Waals surface area contributed by atoms with E-state index in [4.69, 9.17) is 9.47 Å². The van der Waals surface area contributed by atoms with E-state index in [1.165, 1.54) is 6.42 Å². The largest absolute Gasteiger partial charge is 0.493 e. The van der Waals surface area contributed by atoms with Crippen LogP contribution in [0.25, 0.3) is 22.0 Å². The second-order valence-electron chi connectivity index (χ2n) is 9.21. The first kappa shape index (κ1) is 23.8. The van der Waals surface area contributed by atoms with Crippen LogP contribution in [0.1, 0.15) is 18.4 Å². The van der Waals surface area contributed by atoms with Gasteiger partial charge in [0.05, 0.1) is 19.2 Å². The van der Waals surface area contributed by atoms with Crippen molar-refractivity contribution in [3.8, 4) is 22.8 Å². The Morgan fingerprint density at radius 2 is 1.86 bits per heavy atom. The fourth-order valence-corrected chi connectivity index (χ4v) is 4.88. The van der Waals surface area contributed by atoms with E-state index in [0.717, 1.165) is 40.6 Å². The van der Waals surface area contributed by atoms with Crippen molar-refractivity contribution in [3.63, 3.8) is 0 Å². The molecule has 4 aromatic rings. The maximum atomic E-state index is 13.1. The van der Waals surface area contributed by atoms with Gasteiger partial charge in [0, 0.05) is 29.6 Å². The molecule has 2 heterocycles. The summed E-state index contributed by atoms with van der Waals surface area (Å²) in [6.07, 6.45) is 4.38. The number of nitrogens with one attached hydrogen (secondary N) is 1. The van der Waals surface area contributed by atoms with E-state index < -0.39 is 0 Å². The molecular formula is C30H31N3O3. The molecule has 0 bridgehead atoms. The maximum Gasteiger partial charge on any atom is 0.228 e. The number of nitrogens with zero attached hydrogens (tertiary/aromatic N) is 2. The molecule has 1 N–H and O–H groups in total. The molecule has 1 aliphatic rings. The third kappa shape index (κ3) is 5.19. The van der Waals surface area contributed by atoms with E-state index in [1.54, 1.807) is 13.3 Å². The number of methoxy groups -OCH3 is 1. The topological polar surface area (TPSA) is 63.7 Å². The van der Waals surface area contributed by atoms with Crippen LogP contribution in [0.3, 0.4) is 0 Å². The summed E-state index contributed by atoms with van der Waals surface area (Å²) in [4.78, 5) is 19.9. The summed E-state index contributed by atoms with van der Waals surface area (Å²) >= 11 is 0. The van der Waals surface area contributed by atoms with Gasteiger partial charge < -0.3 is 19.7 Å². The average molecular weight is 482 g/mol. The minimum absolute atomic E-state index is 0.0858. The minimum Gasteiger partial charge on any atom is -0.493 e. The summed E-state index contributed by atoms with van der Waals surface area (Å²) in [7, 11) is 3.75. The Labute approximate surface area is 211 Å². The van der Waals surface area contributed by atoms with Gasteiger partial charge >= 0.3 is 0 Å². The number of carbonyl (C=O) groups excluding carboxylic acids is 1. The standard InChI is InChI=1S/C30H31N3O3/c1-33-17-7-8-23(33)20-36-29-19-22(13-15-28(29)35-2)32-30(34)18-21-12-14-26(27-11-5-6-16-31-27)25-10-4-3-9-24(21)25/h3-6,9-16,19,23H,7-8,17-18,20H2,1-2H3,(H,32,34)/t23-/m0/s1. The first-order chi connectivity index (χ1) is 17.6. The Balaban J connectivity index is 1.32. The molecule has 1 aliphatic heterocycles. The molecule has 1 amide bonds. The van der Waals surface area contributed by atoms with Crippen molar-refractivity contribution in [3.05, 3.63) is 84.6 Å². The number of hydrogen-bond acceptors (Lipinski definition) is 5. The smallest absolute Gasteiger partial charge is 0.228 e. The second-order valence-corrected chi connectivity index (χ2v) is 9.21. The summed E-state index contributed by atoms with van der Waals surface area (Å²) < 4.78 is 11.6. The van der Waals surface area contributed by atoms with Gasteiger partial charge in [-0.3, -0.25) is 9.78 Å². The number of hydrogen-bond donors (Lipinski definition) is 1. The van der Waals surface area contributed by atoms with E-state index in [9.17, 15) is 4.79 Å². The third-order valence-electron chi connectivity index (χ3n) is 6.86. The zero-order valence-corrected chi connectivity index (χ0v) is 20.7. The molecule has 1 atom stereocenters. The molecule has 6 nitrogen and oxygen atoms in total. The number of pyridine rings is 1. The van der Waals surface area contributed by atoms with Gasteiger partial charge in [-0.15, -0.1) is 0 Å². The molecule has 0 unspecified atom stereocenters. The highest BCUT2D eigenvalue weighted by atomic mass is 16.5. The molecule has 1 aromatic heterocycles. The predicted octanol–water partition coefficient (Wildman–Crippen LogP) is 5.56. The summed E-state index contributed by atoms with van der Waals surface area (Å²) in [6, 6.07) is 24.0. The van der Waals surface area contributed by atoms with E-state index in [-0.39, 0.29) is 12.3 Å². The Morgan fingerprint density at radius 3 is 2.61 bits per heavy atom. The fourth-order valence-electron chi connectivity index (χ4n) is 4.88. The highest BCUT2D eigenvalue weighted by Crippen LogP contribution is 2.32. The normalized spacial score (nSPS) is 15.7. The number of likely N-dealkylation sites (tertiary alicyclic amines) is 1. The molecule has 0 radical (unpaired) electrons. The summed E-state index contributed by atoms with van der Waals surface area (Å²) in [5, 5.41) is 5.17. The SMILES string of the molecule is COc1ccc(NC(=O)Cc2ccc(-c3ccccn3)c3ccccc23)cc1OC[C@@H]1CCCN1C. The Hall–Kier alpha value is -3.90. The third-order valence-corrected chi connectivity index (χ3v) is 6.86. The molecule has 0 saturated carbocycles. The molecule has 3 aromatic carbocycles. The van der Waals surface area contributed by atoms with Crippen LogP contribution >= 0.6 is 0 Å². The lowest BCUT2D eigenvalue weighted by molar-refractivity contribution is -0.115. The van der Waals surface area contributed by atoms with Crippen LogP contribution in [0.15, 0.2) is 79.0 Å². The van der Waals surface area contributed by atoms with E-state index in [0.29, 0.717) is 29.8 Å². The van der Waals surface area contributed by atoms with Crippen molar-refractivity contribution < 1.29 is 14.3 Å². The number of ether oxygens (including phenoxy) is 2. The number of carbonyl (C=O) groups is 1. The average Bonchev–Trinajstić information content (AvgIpc) is 3.32. The van der Waals surface area contributed by atoms with Crippen LogP contribution in [0.2, 0.25) is 0 Å². The van der Waals surface area contributed by atoms with Crippen LogP contribution in [-0.2, 0) is 11.2 Å². The number of anilines is 1. The lowest BCUT2D eigenvalue weighted by atomic mass is 9.96. The van der Waals surface area contributed by atoms with Gasteiger partial charge in [-0.05, 0) is 67.0 Å². The van der Waals surface area contributed by atoms with Crippen molar-refractivity contribution in [2.75, 3.05) is 32.6 Å². The number of fused-ring (bicyclic) bond motifs is 1. The first-order valence-corrected chi connectivity index (χ1v) is 12.4. The van der Waals surface area contributed by atoms with Gasteiger partial charge in [0.1, 0.15) is 6.61 Å². The molecule has 0 aliphatic carbocycles. The highest BCUT2D eigenvalue weighted by Gasteiger charge is 2.22. The Morgan fingerprint density at radius 1 is 1.03 bits per heavy atom. The van der Waals surface area contributed by atoms with Gasteiger partial charge in [0.2, 0.25) is 5.91 Å². The van der Waals surface area contributed by atoms with Crippen LogP contribution in [0, 0.1) is 0 Å². The quantitative estimate of drug-likeness (QED) is 0.357. The zero-order valence-electron chi connectivity index (χ0n) is 20.7. The Kier molecular flexibility index (Phi) is 7.14. The van der Waals surface area contributed by atoms with Crippen LogP contribution in [0.4, 0.5) is 5.69 Å². The number of rotatable bonds is 8. The minimum atomic E-state index is -0.0858. The monoisotopic (exact) mass is 481 g/mol. The number of benzene rings is 3. The first-order valence-electron chi connectivity index (χ1n) is 12.4. The molecule has 36 heavy (non-hydrogen) atoms. The van der Waals surface area contributed by atoms with Gasteiger partial charge in [-0.25, -0.2) is 0 Å². The molecule has 1 saturated heterocycles. The molecule has 1 fully saturated rings. The molecule has 5 rings (SSSR count). The number of amides is 1.